The van der Waals surface area contributed by atoms with Crippen LogP contribution in [0.2, 0.25) is 0 Å². The Bertz CT molecular complexity index is 598. The van der Waals surface area contributed by atoms with E-state index in [4.69, 9.17) is 0 Å². The van der Waals surface area contributed by atoms with Gasteiger partial charge in [-0.3, -0.25) is 8.88 Å². The first-order chi connectivity index (χ1) is 11.9. The van der Waals surface area contributed by atoms with E-state index >= 15 is 0 Å². The summed E-state index contributed by atoms with van der Waals surface area (Å²) in [7, 11) is -10.8. The van der Waals surface area contributed by atoms with Crippen LogP contribution in [0.5, 0.6) is 0 Å². The average molecular weight is 407 g/mol. The quantitative estimate of drug-likeness (QED) is 0.338. The molecule has 0 radical (unpaired) electrons. The highest BCUT2D eigenvalue weighted by molar-refractivity contribution is 7.58. The second kappa shape index (κ2) is 12.8. The van der Waals surface area contributed by atoms with Crippen molar-refractivity contribution in [2.75, 3.05) is 6.61 Å². The SMILES string of the molecule is CCC/C(=C\COP(=O)([O-])OP(=O)([O-])[O-])CC/C=C(\C)CCC=C(C)C. The van der Waals surface area contributed by atoms with Gasteiger partial charge in [0.1, 0.15) is 0 Å². The van der Waals surface area contributed by atoms with E-state index in [9.17, 15) is 23.8 Å². The molecule has 0 aliphatic heterocycles. The minimum Gasteiger partial charge on any atom is -0.790 e. The van der Waals surface area contributed by atoms with Gasteiger partial charge in [0.25, 0.3) is 7.82 Å². The molecule has 0 saturated carbocycles. The van der Waals surface area contributed by atoms with Crippen LogP contribution in [-0.2, 0) is 18.0 Å². The summed E-state index contributed by atoms with van der Waals surface area (Å²) in [5.74, 6) is 0. The topological polar surface area (TPSA) is 122 Å². The van der Waals surface area contributed by atoms with Gasteiger partial charge in [0.2, 0.25) is 0 Å². The highest BCUT2D eigenvalue weighted by atomic mass is 31.3. The average Bonchev–Trinajstić information content (AvgIpc) is 2.44. The van der Waals surface area contributed by atoms with Crippen LogP contribution >= 0.6 is 15.6 Å². The zero-order valence-corrected chi connectivity index (χ0v) is 17.7. The summed E-state index contributed by atoms with van der Waals surface area (Å²) in [6, 6.07) is 0. The van der Waals surface area contributed by atoms with Crippen molar-refractivity contribution in [3.05, 3.63) is 34.9 Å². The standard InChI is InChI=1S/C17H32O7P2/c1-5-8-17(12-7-11-16(4)10-6-9-15(2)3)13-14-23-26(21,22)24-25(18,19)20/h9,11,13H,5-8,10,12,14H2,1-4H3,(H,21,22)(H2,18,19,20)/p-3/b16-11+,17-13+. The van der Waals surface area contributed by atoms with Gasteiger partial charge in [-0.15, -0.1) is 0 Å². The molecule has 0 aromatic rings. The van der Waals surface area contributed by atoms with Gasteiger partial charge in [0.15, 0.2) is 0 Å². The Labute approximate surface area is 156 Å². The molecule has 152 valence electrons. The van der Waals surface area contributed by atoms with Crippen molar-refractivity contribution in [3.63, 3.8) is 0 Å². The fourth-order valence-electron chi connectivity index (χ4n) is 2.24. The van der Waals surface area contributed by atoms with Crippen LogP contribution < -0.4 is 14.7 Å². The molecular formula is C17H29O7P2-3. The third kappa shape index (κ3) is 15.7. The van der Waals surface area contributed by atoms with E-state index in [1.54, 1.807) is 6.08 Å². The van der Waals surface area contributed by atoms with Crippen molar-refractivity contribution in [2.45, 2.75) is 66.2 Å². The zero-order chi connectivity index (χ0) is 20.2. The predicted molar refractivity (Wildman–Crippen MR) is 96.9 cm³/mol. The smallest absolute Gasteiger partial charge is 0.272 e. The third-order valence-corrected chi connectivity index (χ3v) is 5.49. The summed E-state index contributed by atoms with van der Waals surface area (Å²) in [5.41, 5.74) is 3.61. The summed E-state index contributed by atoms with van der Waals surface area (Å²) >= 11 is 0. The van der Waals surface area contributed by atoms with Gasteiger partial charge < -0.3 is 23.8 Å². The molecule has 9 heteroatoms. The number of hydrogen-bond donors (Lipinski definition) is 0. The molecule has 0 amide bonds. The maximum atomic E-state index is 11.2. The highest BCUT2D eigenvalue weighted by Gasteiger charge is 2.10. The molecule has 1 atom stereocenters. The van der Waals surface area contributed by atoms with Gasteiger partial charge in [-0.2, -0.15) is 0 Å². The van der Waals surface area contributed by atoms with Gasteiger partial charge in [-0.05, 0) is 52.9 Å². The molecule has 0 aromatic heterocycles. The monoisotopic (exact) mass is 407 g/mol. The Balaban J connectivity index is 4.50. The van der Waals surface area contributed by atoms with E-state index in [0.29, 0.717) is 0 Å². The highest BCUT2D eigenvalue weighted by Crippen LogP contribution is 2.50. The first-order valence-electron chi connectivity index (χ1n) is 8.61. The fourth-order valence-corrected chi connectivity index (χ4v) is 3.66. The lowest BCUT2D eigenvalue weighted by Crippen LogP contribution is -2.19. The Morgan fingerprint density at radius 2 is 1.54 bits per heavy atom. The van der Waals surface area contributed by atoms with Crippen molar-refractivity contribution >= 4 is 15.6 Å². The van der Waals surface area contributed by atoms with Crippen molar-refractivity contribution in [1.29, 1.82) is 0 Å². The van der Waals surface area contributed by atoms with Gasteiger partial charge >= 0.3 is 0 Å². The van der Waals surface area contributed by atoms with Crippen molar-refractivity contribution in [3.8, 4) is 0 Å². The van der Waals surface area contributed by atoms with Crippen LogP contribution in [0.4, 0.5) is 0 Å². The Hall–Kier alpha value is -0.520. The second-order valence-electron chi connectivity index (χ2n) is 6.29. The lowest BCUT2D eigenvalue weighted by atomic mass is 10.0. The predicted octanol–water partition coefficient (Wildman–Crippen LogP) is 3.52. The molecule has 0 aliphatic rings. The van der Waals surface area contributed by atoms with E-state index in [0.717, 1.165) is 44.1 Å². The Morgan fingerprint density at radius 1 is 0.923 bits per heavy atom. The van der Waals surface area contributed by atoms with E-state index in [-0.39, 0.29) is 6.61 Å². The summed E-state index contributed by atoms with van der Waals surface area (Å²) in [6.07, 6.45) is 11.2. The molecule has 0 aliphatic carbocycles. The van der Waals surface area contributed by atoms with Crippen LogP contribution in [0, 0.1) is 0 Å². The lowest BCUT2D eigenvalue weighted by Gasteiger charge is -2.34. The lowest BCUT2D eigenvalue weighted by molar-refractivity contribution is -0.339. The molecule has 7 nitrogen and oxygen atoms in total. The first-order valence-corrected chi connectivity index (χ1v) is 11.5. The van der Waals surface area contributed by atoms with Crippen LogP contribution in [0.25, 0.3) is 0 Å². The largest absolute Gasteiger partial charge is 0.790 e. The maximum Gasteiger partial charge on any atom is 0.272 e. The van der Waals surface area contributed by atoms with E-state index in [1.165, 1.54) is 11.1 Å². The number of hydrogen-bond acceptors (Lipinski definition) is 7. The molecule has 0 aromatic carbocycles. The number of allylic oxidation sites excluding steroid dienone is 5. The number of rotatable bonds is 13. The summed E-state index contributed by atoms with van der Waals surface area (Å²) in [6.45, 7) is 7.87. The molecular weight excluding hydrogens is 378 g/mol. The molecule has 0 saturated heterocycles. The van der Waals surface area contributed by atoms with Crippen molar-refractivity contribution in [2.24, 2.45) is 0 Å². The zero-order valence-electron chi connectivity index (χ0n) is 15.9. The molecule has 26 heavy (non-hydrogen) atoms. The normalized spacial score (nSPS) is 15.7. The molecule has 1 unspecified atom stereocenters. The van der Waals surface area contributed by atoms with Gasteiger partial charge in [0, 0.05) is 0 Å². The van der Waals surface area contributed by atoms with Gasteiger partial charge in [0.05, 0.1) is 14.4 Å². The van der Waals surface area contributed by atoms with Crippen molar-refractivity contribution < 1.29 is 32.6 Å². The molecule has 0 heterocycles. The molecule has 0 bridgehead atoms. The molecule has 0 N–H and O–H groups in total. The summed E-state index contributed by atoms with van der Waals surface area (Å²) < 4.78 is 29.3. The van der Waals surface area contributed by atoms with Crippen LogP contribution in [-0.4, -0.2) is 6.61 Å². The Morgan fingerprint density at radius 3 is 2.08 bits per heavy atom. The second-order valence-corrected chi connectivity index (χ2v) is 8.99. The molecule has 0 spiro atoms. The maximum absolute atomic E-state index is 11.2. The summed E-state index contributed by atoms with van der Waals surface area (Å²) in [5, 5.41) is 0. The van der Waals surface area contributed by atoms with Crippen molar-refractivity contribution in [1.82, 2.24) is 0 Å². The molecule has 0 rings (SSSR count). The Kier molecular flexibility index (Phi) is 12.5. The third-order valence-electron chi connectivity index (χ3n) is 3.43. The van der Waals surface area contributed by atoms with Gasteiger partial charge in [-0.1, -0.05) is 48.3 Å². The minimum atomic E-state index is -5.64. The number of phosphoric ester groups is 1. The van der Waals surface area contributed by atoms with Crippen LogP contribution in [0.3, 0.4) is 0 Å². The van der Waals surface area contributed by atoms with Crippen LogP contribution in [0.1, 0.15) is 66.2 Å². The summed E-state index contributed by atoms with van der Waals surface area (Å²) in [4.78, 5) is 31.9. The number of phosphoric acid groups is 2. The van der Waals surface area contributed by atoms with E-state index in [1.807, 2.05) is 6.92 Å². The van der Waals surface area contributed by atoms with E-state index in [2.05, 4.69) is 41.8 Å². The van der Waals surface area contributed by atoms with Crippen LogP contribution in [0.15, 0.2) is 34.9 Å². The van der Waals surface area contributed by atoms with E-state index < -0.39 is 15.6 Å². The minimum absolute atomic E-state index is 0.362. The fraction of sp³-hybridized carbons (Fsp3) is 0.647. The van der Waals surface area contributed by atoms with Gasteiger partial charge in [-0.25, -0.2) is 0 Å². The first kappa shape index (κ1) is 25.5. The molecule has 0 fully saturated rings.